The van der Waals surface area contributed by atoms with Crippen LogP contribution in [0.25, 0.3) is 5.69 Å². The number of hydrogen-bond acceptors (Lipinski definition) is 5. The van der Waals surface area contributed by atoms with E-state index in [4.69, 9.17) is 10.5 Å². The Hall–Kier alpha value is -4.41. The maximum Gasteiger partial charge on any atom is 0.317 e. The van der Waals surface area contributed by atoms with Crippen molar-refractivity contribution < 1.29 is 18.3 Å². The number of nitrogens with two attached hydrogens (primary N) is 1. The number of anilines is 2. The number of aromatic amines is 1. The first-order valence-corrected chi connectivity index (χ1v) is 12.4. The van der Waals surface area contributed by atoms with Gasteiger partial charge in [-0.3, -0.25) is 10.4 Å². The standard InChI is InChI=1S/C14H18N4O2.C13H13F2N3/c1-3-9-20-13-10(2)12(16-14(15)19)18(17-13)11-7-5-4-6-8-11;14-12-2-1-9(5-13(12)15)10-3-4-18(8-10)11-6-16-17-7-11/h4-8H,3,9H2,1-2H3,(H3,15,16,19);1-2,5-7,10H,3-4,8H2,(H,16,17). The Balaban J connectivity index is 0.000000178. The number of amides is 2. The predicted molar refractivity (Wildman–Crippen MR) is 142 cm³/mol. The monoisotopic (exact) mass is 523 g/mol. The quantitative estimate of drug-likeness (QED) is 0.310. The number of halogens is 2. The highest BCUT2D eigenvalue weighted by Gasteiger charge is 2.25. The summed E-state index contributed by atoms with van der Waals surface area (Å²) in [7, 11) is 0. The van der Waals surface area contributed by atoms with Crippen LogP contribution < -0.4 is 20.7 Å². The summed E-state index contributed by atoms with van der Waals surface area (Å²) < 4.78 is 33.3. The van der Waals surface area contributed by atoms with Crippen molar-refractivity contribution in [2.75, 3.05) is 29.9 Å². The van der Waals surface area contributed by atoms with Crippen molar-refractivity contribution in [2.24, 2.45) is 5.73 Å². The molecule has 0 radical (unpaired) electrons. The molecule has 0 saturated carbocycles. The summed E-state index contributed by atoms with van der Waals surface area (Å²) in [6.07, 6.45) is 5.44. The van der Waals surface area contributed by atoms with Gasteiger partial charge in [0, 0.05) is 25.2 Å². The van der Waals surface area contributed by atoms with Crippen LogP contribution in [0.2, 0.25) is 0 Å². The van der Waals surface area contributed by atoms with E-state index >= 15 is 0 Å². The fourth-order valence-electron chi connectivity index (χ4n) is 4.28. The smallest absolute Gasteiger partial charge is 0.317 e. The zero-order valence-corrected chi connectivity index (χ0v) is 21.3. The summed E-state index contributed by atoms with van der Waals surface area (Å²) in [6.45, 7) is 6.14. The summed E-state index contributed by atoms with van der Waals surface area (Å²) >= 11 is 0. The molecule has 9 nitrogen and oxygen atoms in total. The summed E-state index contributed by atoms with van der Waals surface area (Å²) in [4.78, 5) is 13.3. The van der Waals surface area contributed by atoms with Crippen molar-refractivity contribution in [2.45, 2.75) is 32.6 Å². The lowest BCUT2D eigenvalue weighted by Gasteiger charge is -2.16. The second-order valence-electron chi connectivity index (χ2n) is 8.93. The number of primary amides is 1. The number of nitrogens with one attached hydrogen (secondary N) is 2. The van der Waals surface area contributed by atoms with Gasteiger partial charge in [-0.1, -0.05) is 31.2 Å². The van der Waals surface area contributed by atoms with Crippen molar-refractivity contribution in [1.82, 2.24) is 20.0 Å². The van der Waals surface area contributed by atoms with Crippen LogP contribution in [0.1, 0.15) is 36.8 Å². The Morgan fingerprint density at radius 1 is 1.18 bits per heavy atom. The van der Waals surface area contributed by atoms with E-state index in [0.29, 0.717) is 18.3 Å². The third-order valence-electron chi connectivity index (χ3n) is 6.22. The van der Waals surface area contributed by atoms with Crippen LogP contribution in [0.3, 0.4) is 0 Å². The number of carbonyl (C=O) groups is 1. The Morgan fingerprint density at radius 3 is 2.63 bits per heavy atom. The highest BCUT2D eigenvalue weighted by molar-refractivity contribution is 5.88. The summed E-state index contributed by atoms with van der Waals surface area (Å²) in [6, 6.07) is 13.0. The zero-order chi connectivity index (χ0) is 27.1. The number of ether oxygens (including phenoxy) is 1. The molecule has 3 heterocycles. The molecule has 0 spiro atoms. The van der Waals surface area contributed by atoms with Crippen LogP contribution in [-0.2, 0) is 0 Å². The van der Waals surface area contributed by atoms with E-state index in [0.717, 1.165) is 48.4 Å². The molecule has 2 amide bonds. The van der Waals surface area contributed by atoms with Gasteiger partial charge in [0.15, 0.2) is 11.6 Å². The number of aromatic nitrogens is 4. The molecule has 1 fully saturated rings. The van der Waals surface area contributed by atoms with E-state index in [9.17, 15) is 13.6 Å². The maximum absolute atomic E-state index is 13.2. The molecule has 38 heavy (non-hydrogen) atoms. The molecule has 0 bridgehead atoms. The van der Waals surface area contributed by atoms with E-state index in [1.165, 1.54) is 12.1 Å². The van der Waals surface area contributed by atoms with Crippen molar-refractivity contribution in [3.63, 3.8) is 0 Å². The average Bonchev–Trinajstić information content (AvgIpc) is 3.67. The number of H-pyrrole nitrogens is 1. The maximum atomic E-state index is 13.2. The molecule has 1 aliphatic heterocycles. The molecule has 2 aromatic carbocycles. The van der Waals surface area contributed by atoms with Crippen LogP contribution in [-0.4, -0.2) is 45.7 Å². The Labute approximate surface area is 219 Å². The lowest BCUT2D eigenvalue weighted by molar-refractivity contribution is 0.259. The van der Waals surface area contributed by atoms with Crippen molar-refractivity contribution in [3.05, 3.63) is 83.7 Å². The summed E-state index contributed by atoms with van der Waals surface area (Å²) in [5.74, 6) is -0.290. The topological polar surface area (TPSA) is 114 Å². The average molecular weight is 524 g/mol. The van der Waals surface area contributed by atoms with E-state index in [1.54, 1.807) is 16.9 Å². The van der Waals surface area contributed by atoms with E-state index < -0.39 is 17.7 Å². The van der Waals surface area contributed by atoms with Gasteiger partial charge in [-0.05, 0) is 49.6 Å². The third kappa shape index (κ3) is 6.28. The van der Waals surface area contributed by atoms with Gasteiger partial charge in [-0.15, -0.1) is 5.10 Å². The number of benzene rings is 2. The minimum Gasteiger partial charge on any atom is -0.476 e. The molecule has 200 valence electrons. The second kappa shape index (κ2) is 12.2. The van der Waals surface area contributed by atoms with Crippen molar-refractivity contribution >= 4 is 17.5 Å². The molecule has 1 atom stereocenters. The molecule has 1 unspecified atom stereocenters. The van der Waals surface area contributed by atoms with Gasteiger partial charge in [-0.25, -0.2) is 18.3 Å². The number of urea groups is 1. The molecular formula is C27H31F2N7O2. The second-order valence-corrected chi connectivity index (χ2v) is 8.93. The van der Waals surface area contributed by atoms with Crippen LogP contribution >= 0.6 is 0 Å². The van der Waals surface area contributed by atoms with E-state index in [2.05, 4.69) is 25.5 Å². The molecule has 11 heteroatoms. The molecule has 4 N–H and O–H groups in total. The SMILES string of the molecule is CCCOc1nn(-c2ccccc2)c(NC(N)=O)c1C.Fc1ccc(C2CCN(c3cn[nH]c3)C2)cc1F. The van der Waals surface area contributed by atoms with Gasteiger partial charge in [0.25, 0.3) is 0 Å². The van der Waals surface area contributed by atoms with Gasteiger partial charge < -0.3 is 15.4 Å². The van der Waals surface area contributed by atoms with E-state index in [1.807, 2.05) is 50.4 Å². The molecule has 2 aromatic heterocycles. The lowest BCUT2D eigenvalue weighted by Crippen LogP contribution is -2.21. The summed E-state index contributed by atoms with van der Waals surface area (Å²) in [5.41, 5.74) is 8.70. The molecule has 5 rings (SSSR count). The lowest BCUT2D eigenvalue weighted by atomic mass is 9.98. The largest absolute Gasteiger partial charge is 0.476 e. The van der Waals surface area contributed by atoms with Gasteiger partial charge in [0.05, 0.1) is 29.7 Å². The Kier molecular flexibility index (Phi) is 8.57. The predicted octanol–water partition coefficient (Wildman–Crippen LogP) is 5.14. The number of rotatable bonds is 7. The molecule has 1 saturated heterocycles. The molecular weight excluding hydrogens is 492 g/mol. The minimum atomic E-state index is -0.788. The number of nitrogens with zero attached hydrogens (tertiary/aromatic N) is 4. The Morgan fingerprint density at radius 2 is 1.97 bits per heavy atom. The van der Waals surface area contributed by atoms with Gasteiger partial charge in [0.1, 0.15) is 5.82 Å². The number of carbonyl (C=O) groups excluding carboxylic acids is 1. The Bertz CT molecular complexity index is 1340. The van der Waals surface area contributed by atoms with Gasteiger partial charge in [0.2, 0.25) is 5.88 Å². The van der Waals surface area contributed by atoms with Crippen LogP contribution in [0, 0.1) is 18.6 Å². The molecule has 1 aliphatic rings. The normalized spacial score (nSPS) is 14.6. The number of hydrogen-bond donors (Lipinski definition) is 3. The van der Waals surface area contributed by atoms with Crippen molar-refractivity contribution in [3.8, 4) is 11.6 Å². The highest BCUT2D eigenvalue weighted by atomic mass is 19.2. The molecule has 0 aliphatic carbocycles. The van der Waals surface area contributed by atoms with Gasteiger partial charge >= 0.3 is 6.03 Å². The van der Waals surface area contributed by atoms with Crippen LogP contribution in [0.15, 0.2) is 60.9 Å². The summed E-state index contributed by atoms with van der Waals surface area (Å²) in [5, 5.41) is 13.7. The first-order chi connectivity index (χ1) is 18.4. The van der Waals surface area contributed by atoms with Gasteiger partial charge in [-0.2, -0.15) is 5.10 Å². The highest BCUT2D eigenvalue weighted by Crippen LogP contribution is 2.31. The van der Waals surface area contributed by atoms with Crippen LogP contribution in [0.5, 0.6) is 5.88 Å². The molecule has 4 aromatic rings. The minimum absolute atomic E-state index is 0.245. The van der Waals surface area contributed by atoms with Crippen molar-refractivity contribution in [1.29, 1.82) is 0 Å². The zero-order valence-electron chi connectivity index (χ0n) is 21.3. The third-order valence-corrected chi connectivity index (χ3v) is 6.22. The first-order valence-electron chi connectivity index (χ1n) is 12.4. The fraction of sp³-hybridized carbons (Fsp3) is 0.296. The fourth-order valence-corrected chi connectivity index (χ4v) is 4.28. The van der Waals surface area contributed by atoms with Crippen LogP contribution in [0.4, 0.5) is 25.1 Å². The van der Waals surface area contributed by atoms with E-state index in [-0.39, 0.29) is 5.92 Å². The number of para-hydroxylation sites is 1. The first kappa shape index (κ1) is 26.6.